The number of anilines is 1. The van der Waals surface area contributed by atoms with Crippen LogP contribution in [0.2, 0.25) is 10.0 Å². The molecule has 2 aromatic carbocycles. The highest BCUT2D eigenvalue weighted by molar-refractivity contribution is 7.07. The first kappa shape index (κ1) is 20.3. The minimum atomic E-state index is 0.300. The van der Waals surface area contributed by atoms with Crippen molar-refractivity contribution in [2.24, 2.45) is 4.99 Å². The third-order valence-electron chi connectivity index (χ3n) is 3.75. The fraction of sp³-hybridized carbons (Fsp3) is 0.158. The van der Waals surface area contributed by atoms with Gasteiger partial charge in [-0.3, -0.25) is 5.41 Å². The Morgan fingerprint density at radius 3 is 2.46 bits per heavy atom. The quantitative estimate of drug-likeness (QED) is 0.429. The van der Waals surface area contributed by atoms with Crippen molar-refractivity contribution in [3.8, 4) is 11.5 Å². The summed E-state index contributed by atoms with van der Waals surface area (Å²) in [4.78, 5) is 5.66. The van der Waals surface area contributed by atoms with Crippen LogP contribution in [0, 0.1) is 12.3 Å². The van der Waals surface area contributed by atoms with Gasteiger partial charge in [0, 0.05) is 21.7 Å². The summed E-state index contributed by atoms with van der Waals surface area (Å²) in [6, 6.07) is 12.4. The lowest BCUT2D eigenvalue weighted by atomic mass is 10.2. The molecule has 0 aliphatic rings. The molecular weight excluding hydrogens is 419 g/mol. The predicted octanol–water partition coefficient (Wildman–Crippen LogP) is 5.31. The minimum absolute atomic E-state index is 0.300. The van der Waals surface area contributed by atoms with Gasteiger partial charge in [0.05, 0.1) is 19.2 Å². The summed E-state index contributed by atoms with van der Waals surface area (Å²) in [6.45, 7) is 1.93. The molecule has 1 heterocycles. The molecule has 9 heteroatoms. The Morgan fingerprint density at radius 1 is 1.11 bits per heavy atom. The molecule has 3 rings (SSSR count). The Hall–Kier alpha value is -2.48. The maximum Gasteiger partial charge on any atom is 0.223 e. The Morgan fingerprint density at radius 2 is 1.86 bits per heavy atom. The van der Waals surface area contributed by atoms with Gasteiger partial charge in [0.2, 0.25) is 5.96 Å². The molecular formula is C19H18Cl2N4O2S. The standard InChI is InChI=1S/C19H18Cl2N4O2S/c1-11-7-18(22)25(28-11)19(23-13-6-4-5-12(20)8-13)24-15-9-14(21)16(26-2)10-17(15)27-3/h4-10,22H,1-3H3,(H,23,24). The Balaban J connectivity index is 2.15. The van der Waals surface area contributed by atoms with E-state index in [9.17, 15) is 0 Å². The second-order valence-electron chi connectivity index (χ2n) is 5.76. The molecule has 0 amide bonds. The van der Waals surface area contributed by atoms with Gasteiger partial charge >= 0.3 is 0 Å². The minimum Gasteiger partial charge on any atom is -0.495 e. The van der Waals surface area contributed by atoms with Crippen LogP contribution in [0.4, 0.5) is 11.4 Å². The van der Waals surface area contributed by atoms with Crippen LogP contribution in [0.25, 0.3) is 0 Å². The molecule has 28 heavy (non-hydrogen) atoms. The van der Waals surface area contributed by atoms with Crippen LogP contribution in [0.5, 0.6) is 11.5 Å². The van der Waals surface area contributed by atoms with Crippen LogP contribution >= 0.6 is 34.7 Å². The highest BCUT2D eigenvalue weighted by Gasteiger charge is 2.13. The smallest absolute Gasteiger partial charge is 0.223 e. The number of aliphatic imine (C=N–C) groups is 1. The number of nitrogens with one attached hydrogen (secondary N) is 2. The molecule has 0 spiro atoms. The molecule has 0 radical (unpaired) electrons. The van der Waals surface area contributed by atoms with Crippen molar-refractivity contribution < 1.29 is 9.47 Å². The zero-order chi connectivity index (χ0) is 20.3. The van der Waals surface area contributed by atoms with Gasteiger partial charge < -0.3 is 14.8 Å². The van der Waals surface area contributed by atoms with E-state index in [0.717, 1.165) is 10.6 Å². The van der Waals surface area contributed by atoms with E-state index in [1.54, 1.807) is 41.4 Å². The number of nitrogens with zero attached hydrogens (tertiary/aromatic N) is 2. The zero-order valence-corrected chi connectivity index (χ0v) is 17.7. The molecule has 0 bridgehead atoms. The number of methoxy groups -OCH3 is 2. The average molecular weight is 437 g/mol. The fourth-order valence-electron chi connectivity index (χ4n) is 2.49. The number of ether oxygens (including phenoxy) is 2. The summed E-state index contributed by atoms with van der Waals surface area (Å²) in [7, 11) is 3.08. The topological polar surface area (TPSA) is 71.6 Å². The number of benzene rings is 2. The van der Waals surface area contributed by atoms with E-state index in [1.807, 2.05) is 19.1 Å². The number of hydrogen-bond donors (Lipinski definition) is 2. The number of aryl methyl sites for hydroxylation is 1. The Kier molecular flexibility index (Phi) is 6.28. The van der Waals surface area contributed by atoms with Crippen LogP contribution in [0.15, 0.2) is 47.5 Å². The highest BCUT2D eigenvalue weighted by Crippen LogP contribution is 2.37. The number of halogens is 2. The molecule has 0 fully saturated rings. The maximum atomic E-state index is 8.25. The lowest BCUT2D eigenvalue weighted by Gasteiger charge is -2.13. The third kappa shape index (κ3) is 4.49. The molecule has 3 aromatic rings. The van der Waals surface area contributed by atoms with Crippen molar-refractivity contribution in [3.63, 3.8) is 0 Å². The van der Waals surface area contributed by atoms with Crippen LogP contribution < -0.4 is 20.3 Å². The van der Waals surface area contributed by atoms with Crippen molar-refractivity contribution in [1.29, 1.82) is 5.41 Å². The van der Waals surface area contributed by atoms with Gasteiger partial charge in [-0.2, -0.15) is 0 Å². The predicted molar refractivity (Wildman–Crippen MR) is 115 cm³/mol. The Labute approximate surface area is 176 Å². The van der Waals surface area contributed by atoms with E-state index in [-0.39, 0.29) is 0 Å². The third-order valence-corrected chi connectivity index (χ3v) is 5.24. The van der Waals surface area contributed by atoms with Crippen molar-refractivity contribution in [2.75, 3.05) is 19.5 Å². The van der Waals surface area contributed by atoms with Crippen molar-refractivity contribution in [1.82, 2.24) is 3.96 Å². The van der Waals surface area contributed by atoms with Crippen LogP contribution in [-0.2, 0) is 0 Å². The number of hydrogen-bond acceptors (Lipinski definition) is 5. The maximum absolute atomic E-state index is 8.25. The zero-order valence-electron chi connectivity index (χ0n) is 15.4. The molecule has 0 atom stereocenters. The van der Waals surface area contributed by atoms with E-state index in [2.05, 4.69) is 10.3 Å². The van der Waals surface area contributed by atoms with Gasteiger partial charge in [0.15, 0.2) is 0 Å². The average Bonchev–Trinajstić information content (AvgIpc) is 2.99. The van der Waals surface area contributed by atoms with Gasteiger partial charge in [-0.15, -0.1) is 0 Å². The lowest BCUT2D eigenvalue weighted by Crippen LogP contribution is -2.28. The second kappa shape index (κ2) is 8.68. The van der Waals surface area contributed by atoms with Crippen molar-refractivity contribution in [2.45, 2.75) is 6.92 Å². The number of aromatic nitrogens is 1. The first-order valence-electron chi connectivity index (χ1n) is 8.19. The molecule has 0 aliphatic carbocycles. The van der Waals surface area contributed by atoms with E-state index in [4.69, 9.17) is 38.1 Å². The molecule has 0 unspecified atom stereocenters. The molecule has 0 saturated carbocycles. The molecule has 0 aliphatic heterocycles. The monoisotopic (exact) mass is 436 g/mol. The van der Waals surface area contributed by atoms with Crippen molar-refractivity contribution in [3.05, 3.63) is 62.9 Å². The van der Waals surface area contributed by atoms with Crippen LogP contribution in [-0.4, -0.2) is 24.1 Å². The van der Waals surface area contributed by atoms with E-state index in [0.29, 0.717) is 38.7 Å². The molecule has 1 aromatic heterocycles. The van der Waals surface area contributed by atoms with Crippen LogP contribution in [0.3, 0.4) is 0 Å². The summed E-state index contributed by atoms with van der Waals surface area (Å²) in [5, 5.41) is 12.5. The number of rotatable bonds is 4. The van der Waals surface area contributed by atoms with Crippen molar-refractivity contribution >= 4 is 52.1 Å². The lowest BCUT2D eigenvalue weighted by molar-refractivity contribution is 0.395. The summed E-state index contributed by atoms with van der Waals surface area (Å²) in [5.41, 5.74) is 1.54. The van der Waals surface area contributed by atoms with E-state index < -0.39 is 0 Å². The first-order valence-corrected chi connectivity index (χ1v) is 9.72. The van der Waals surface area contributed by atoms with Gasteiger partial charge in [-0.1, -0.05) is 40.8 Å². The van der Waals surface area contributed by atoms with Crippen LogP contribution in [0.1, 0.15) is 4.88 Å². The fourth-order valence-corrected chi connectivity index (χ4v) is 3.69. The van der Waals surface area contributed by atoms with Gasteiger partial charge in [0.25, 0.3) is 0 Å². The molecule has 2 N–H and O–H groups in total. The first-order chi connectivity index (χ1) is 13.4. The Bertz CT molecular complexity index is 1090. The van der Waals surface area contributed by atoms with E-state index >= 15 is 0 Å². The summed E-state index contributed by atoms with van der Waals surface area (Å²) in [5.74, 6) is 1.40. The molecule has 6 nitrogen and oxygen atoms in total. The SMILES string of the molecule is COc1cc(OC)c(N=C(Nc2cccc(Cl)c2)n2sc(C)cc2=N)cc1Cl. The summed E-state index contributed by atoms with van der Waals surface area (Å²) < 4.78 is 12.4. The summed E-state index contributed by atoms with van der Waals surface area (Å²) >= 11 is 13.8. The highest BCUT2D eigenvalue weighted by atomic mass is 35.5. The second-order valence-corrected chi connectivity index (χ2v) is 7.79. The van der Waals surface area contributed by atoms with Gasteiger partial charge in [-0.25, -0.2) is 8.95 Å². The normalized spacial score (nSPS) is 11.4. The van der Waals surface area contributed by atoms with E-state index in [1.165, 1.54) is 18.6 Å². The van der Waals surface area contributed by atoms with Gasteiger partial charge in [0.1, 0.15) is 22.7 Å². The van der Waals surface area contributed by atoms with Gasteiger partial charge in [-0.05, 0) is 37.3 Å². The molecule has 0 saturated heterocycles. The summed E-state index contributed by atoms with van der Waals surface area (Å²) in [6.07, 6.45) is 0. The largest absolute Gasteiger partial charge is 0.495 e. The molecule has 146 valence electrons.